The van der Waals surface area contributed by atoms with Gasteiger partial charge in [0.15, 0.2) is 0 Å². The molecule has 1 aliphatic rings. The summed E-state index contributed by atoms with van der Waals surface area (Å²) in [5.41, 5.74) is 0. The first kappa shape index (κ1) is 21.9. The van der Waals surface area contributed by atoms with E-state index in [2.05, 4.69) is 9.71 Å². The Morgan fingerprint density at radius 2 is 1.55 bits per heavy atom. The first-order chi connectivity index (χ1) is 13.6. The summed E-state index contributed by atoms with van der Waals surface area (Å²) in [6, 6.07) is 4.91. The SMILES string of the molecule is CC(C)[C@@H](NS(=O)(=O)c1ccc(S(=O)(=O)N2CCCCC2)cc1)c1nccn1C. The largest absolute Gasteiger partial charge is 0.337 e. The van der Waals surface area contributed by atoms with Crippen LogP contribution in [-0.2, 0) is 27.1 Å². The van der Waals surface area contributed by atoms with Crippen molar-refractivity contribution in [1.29, 1.82) is 0 Å². The molecule has 8 nitrogen and oxygen atoms in total. The summed E-state index contributed by atoms with van der Waals surface area (Å²) in [7, 11) is -5.63. The summed E-state index contributed by atoms with van der Waals surface area (Å²) in [6.45, 7) is 4.83. The lowest BCUT2D eigenvalue weighted by molar-refractivity contribution is 0.346. The average molecular weight is 441 g/mol. The fraction of sp³-hybridized carbons (Fsp3) is 0.526. The lowest BCUT2D eigenvalue weighted by Crippen LogP contribution is -2.35. The molecule has 0 radical (unpaired) electrons. The van der Waals surface area contributed by atoms with Gasteiger partial charge in [-0.3, -0.25) is 0 Å². The Balaban J connectivity index is 1.83. The van der Waals surface area contributed by atoms with E-state index in [1.54, 1.807) is 17.0 Å². The molecule has 0 saturated carbocycles. The fourth-order valence-corrected chi connectivity index (χ4v) is 6.30. The number of benzene rings is 1. The smallest absolute Gasteiger partial charge is 0.243 e. The third-order valence-electron chi connectivity index (χ3n) is 5.17. The van der Waals surface area contributed by atoms with Gasteiger partial charge in [-0.15, -0.1) is 0 Å². The van der Waals surface area contributed by atoms with E-state index in [4.69, 9.17) is 0 Å². The highest BCUT2D eigenvalue weighted by Gasteiger charge is 2.29. The number of rotatable bonds is 7. The van der Waals surface area contributed by atoms with Crippen LogP contribution in [-0.4, -0.2) is 43.8 Å². The second-order valence-electron chi connectivity index (χ2n) is 7.68. The molecule has 1 aromatic carbocycles. The molecule has 0 aliphatic carbocycles. The normalized spacial score (nSPS) is 17.5. The van der Waals surface area contributed by atoms with E-state index in [1.807, 2.05) is 20.9 Å². The first-order valence-electron chi connectivity index (χ1n) is 9.72. The molecule has 160 valence electrons. The maximum atomic E-state index is 12.9. The summed E-state index contributed by atoms with van der Waals surface area (Å²) < 4.78 is 57.3. The quantitative estimate of drug-likeness (QED) is 0.712. The minimum Gasteiger partial charge on any atom is -0.337 e. The highest BCUT2D eigenvalue weighted by molar-refractivity contribution is 7.89. The van der Waals surface area contributed by atoms with Crippen molar-refractivity contribution in [2.24, 2.45) is 13.0 Å². The van der Waals surface area contributed by atoms with Crippen molar-refractivity contribution >= 4 is 20.0 Å². The monoisotopic (exact) mass is 440 g/mol. The van der Waals surface area contributed by atoms with Gasteiger partial charge >= 0.3 is 0 Å². The molecule has 0 amide bonds. The van der Waals surface area contributed by atoms with Gasteiger partial charge in [-0.2, -0.15) is 4.31 Å². The van der Waals surface area contributed by atoms with Gasteiger partial charge in [-0.25, -0.2) is 26.5 Å². The number of hydrogen-bond donors (Lipinski definition) is 1. The number of piperidine rings is 1. The second kappa shape index (κ2) is 8.55. The van der Waals surface area contributed by atoms with Crippen molar-refractivity contribution < 1.29 is 16.8 Å². The molecule has 2 aromatic rings. The highest BCUT2D eigenvalue weighted by atomic mass is 32.2. The van der Waals surface area contributed by atoms with Gasteiger partial charge in [0.05, 0.1) is 15.8 Å². The van der Waals surface area contributed by atoms with Gasteiger partial charge in [-0.05, 0) is 43.0 Å². The molecule has 0 spiro atoms. The van der Waals surface area contributed by atoms with E-state index >= 15 is 0 Å². The predicted molar refractivity (Wildman–Crippen MR) is 110 cm³/mol. The predicted octanol–water partition coefficient (Wildman–Crippen LogP) is 2.27. The van der Waals surface area contributed by atoms with Crippen LogP contribution in [0.15, 0.2) is 46.5 Å². The van der Waals surface area contributed by atoms with Gasteiger partial charge in [0.2, 0.25) is 20.0 Å². The Hall–Kier alpha value is -1.75. The Morgan fingerprint density at radius 3 is 2.07 bits per heavy atom. The van der Waals surface area contributed by atoms with E-state index in [1.165, 1.54) is 28.6 Å². The first-order valence-corrected chi connectivity index (χ1v) is 12.6. The number of nitrogens with one attached hydrogen (secondary N) is 1. The van der Waals surface area contributed by atoms with Crippen LogP contribution in [0.5, 0.6) is 0 Å². The van der Waals surface area contributed by atoms with Crippen molar-refractivity contribution in [1.82, 2.24) is 18.6 Å². The van der Waals surface area contributed by atoms with Crippen LogP contribution < -0.4 is 4.72 Å². The number of nitrogens with zero attached hydrogens (tertiary/aromatic N) is 3. The minimum atomic E-state index is -3.85. The molecule has 29 heavy (non-hydrogen) atoms. The Kier molecular flexibility index (Phi) is 6.47. The van der Waals surface area contributed by atoms with Gasteiger partial charge in [0, 0.05) is 32.5 Å². The molecule has 10 heteroatoms. The summed E-state index contributed by atoms with van der Waals surface area (Å²) in [5.74, 6) is 0.595. The number of aryl methyl sites for hydroxylation is 1. The van der Waals surface area contributed by atoms with Crippen molar-refractivity contribution in [3.63, 3.8) is 0 Å². The Labute approximate surface area is 173 Å². The molecular weight excluding hydrogens is 412 g/mol. The van der Waals surface area contributed by atoms with Gasteiger partial charge < -0.3 is 4.57 Å². The molecule has 1 aliphatic heterocycles. The van der Waals surface area contributed by atoms with Crippen molar-refractivity contribution in [2.75, 3.05) is 13.1 Å². The third kappa shape index (κ3) is 4.71. The second-order valence-corrected chi connectivity index (χ2v) is 11.3. The van der Waals surface area contributed by atoms with Crippen LogP contribution >= 0.6 is 0 Å². The molecule has 1 atom stereocenters. The summed E-state index contributed by atoms with van der Waals surface area (Å²) in [4.78, 5) is 4.40. The topological polar surface area (TPSA) is 101 Å². The molecule has 1 aromatic heterocycles. The number of imidazole rings is 1. The molecule has 3 rings (SSSR count). The zero-order valence-electron chi connectivity index (χ0n) is 16.9. The Bertz CT molecular complexity index is 1040. The molecule has 0 unspecified atom stereocenters. The maximum absolute atomic E-state index is 12.9. The van der Waals surface area contributed by atoms with Crippen LogP contribution in [0.2, 0.25) is 0 Å². The number of sulfonamides is 2. The van der Waals surface area contributed by atoms with E-state index in [0.29, 0.717) is 18.9 Å². The van der Waals surface area contributed by atoms with Crippen LogP contribution in [0.1, 0.15) is 45.0 Å². The van der Waals surface area contributed by atoms with Gasteiger partial charge in [-0.1, -0.05) is 20.3 Å². The van der Waals surface area contributed by atoms with Crippen molar-refractivity contribution in [2.45, 2.75) is 48.9 Å². The van der Waals surface area contributed by atoms with E-state index in [9.17, 15) is 16.8 Å². The standard InChI is InChI=1S/C19H28N4O4S2/c1-15(2)18(19-20-11-14-22(19)3)21-28(24,25)16-7-9-17(10-8-16)29(26,27)23-12-5-4-6-13-23/h7-11,14-15,18,21H,4-6,12-13H2,1-3H3/t18-/m1/s1. The summed E-state index contributed by atoms with van der Waals surface area (Å²) >= 11 is 0. The van der Waals surface area contributed by atoms with E-state index in [0.717, 1.165) is 19.3 Å². The lowest BCUT2D eigenvalue weighted by Gasteiger charge is -2.26. The lowest BCUT2D eigenvalue weighted by atomic mass is 10.1. The maximum Gasteiger partial charge on any atom is 0.243 e. The van der Waals surface area contributed by atoms with Crippen LogP contribution in [0.25, 0.3) is 0 Å². The van der Waals surface area contributed by atoms with E-state index in [-0.39, 0.29) is 15.7 Å². The van der Waals surface area contributed by atoms with E-state index < -0.39 is 26.1 Å². The van der Waals surface area contributed by atoms with Gasteiger partial charge in [0.25, 0.3) is 0 Å². The van der Waals surface area contributed by atoms with Crippen LogP contribution in [0.3, 0.4) is 0 Å². The fourth-order valence-electron chi connectivity index (χ4n) is 3.44. The zero-order valence-corrected chi connectivity index (χ0v) is 18.6. The molecule has 2 heterocycles. The van der Waals surface area contributed by atoms with Crippen LogP contribution in [0.4, 0.5) is 0 Å². The molecule has 1 fully saturated rings. The minimum absolute atomic E-state index is 0.0231. The van der Waals surface area contributed by atoms with Crippen molar-refractivity contribution in [3.8, 4) is 0 Å². The highest BCUT2D eigenvalue weighted by Crippen LogP contribution is 2.25. The summed E-state index contributed by atoms with van der Waals surface area (Å²) in [5, 5.41) is 0. The number of hydrogen-bond acceptors (Lipinski definition) is 5. The third-order valence-corrected chi connectivity index (χ3v) is 8.54. The molecule has 1 saturated heterocycles. The van der Waals surface area contributed by atoms with Gasteiger partial charge in [0.1, 0.15) is 5.82 Å². The molecular formula is C19H28N4O4S2. The molecule has 1 N–H and O–H groups in total. The molecule has 0 bridgehead atoms. The number of aromatic nitrogens is 2. The zero-order chi connectivity index (χ0) is 21.2. The van der Waals surface area contributed by atoms with Crippen molar-refractivity contribution in [3.05, 3.63) is 42.5 Å². The summed E-state index contributed by atoms with van der Waals surface area (Å²) in [6.07, 6.45) is 6.11. The Morgan fingerprint density at radius 1 is 0.966 bits per heavy atom. The average Bonchev–Trinajstić information content (AvgIpc) is 3.12. The van der Waals surface area contributed by atoms with Crippen LogP contribution in [0, 0.1) is 5.92 Å².